The maximum absolute atomic E-state index is 6.62. The number of nitrogens with zero attached hydrogens (tertiary/aromatic N) is 1. The first-order valence-electron chi connectivity index (χ1n) is 7.23. The number of hydrogen-bond donors (Lipinski definition) is 0. The highest BCUT2D eigenvalue weighted by Crippen LogP contribution is 2.40. The molecule has 2 aromatic rings. The van der Waals surface area contributed by atoms with Crippen molar-refractivity contribution in [2.75, 3.05) is 19.8 Å². The lowest BCUT2D eigenvalue weighted by molar-refractivity contribution is 0.109. The number of fused-ring (bicyclic) bond motifs is 2. The molecule has 3 rings (SSSR count). The Morgan fingerprint density at radius 3 is 2.67 bits per heavy atom. The van der Waals surface area contributed by atoms with E-state index in [9.17, 15) is 0 Å². The Morgan fingerprint density at radius 2 is 1.90 bits per heavy atom. The van der Waals surface area contributed by atoms with E-state index < -0.39 is 0 Å². The van der Waals surface area contributed by atoms with E-state index in [1.54, 1.807) is 0 Å². The second-order valence-electron chi connectivity index (χ2n) is 4.81. The lowest BCUT2D eigenvalue weighted by atomic mass is 10.0. The summed E-state index contributed by atoms with van der Waals surface area (Å²) in [6.07, 6.45) is 0.773. The predicted molar refractivity (Wildman–Crippen MR) is 82.5 cm³/mol. The fraction of sp³-hybridized carbons (Fsp3) is 0.438. The van der Waals surface area contributed by atoms with Crippen LogP contribution >= 0.6 is 11.6 Å². The minimum atomic E-state index is 0.502. The smallest absolute Gasteiger partial charge is 0.145 e. The topological polar surface area (TPSA) is 40.6 Å². The Hall–Kier alpha value is -1.52. The lowest BCUT2D eigenvalue weighted by Crippen LogP contribution is -2.13. The van der Waals surface area contributed by atoms with Crippen LogP contribution in [0.15, 0.2) is 12.1 Å². The van der Waals surface area contributed by atoms with Gasteiger partial charge in [0.15, 0.2) is 0 Å². The average Bonchev–Trinajstić information content (AvgIpc) is 2.50. The van der Waals surface area contributed by atoms with E-state index in [4.69, 9.17) is 30.8 Å². The zero-order valence-electron chi connectivity index (χ0n) is 12.2. The van der Waals surface area contributed by atoms with Gasteiger partial charge in [0.05, 0.1) is 42.5 Å². The summed E-state index contributed by atoms with van der Waals surface area (Å²) in [4.78, 5) is 4.77. The van der Waals surface area contributed by atoms with E-state index in [0.29, 0.717) is 31.5 Å². The molecule has 0 unspecified atom stereocenters. The largest absolute Gasteiger partial charge is 0.493 e. The Kier molecular flexibility index (Phi) is 4.17. The van der Waals surface area contributed by atoms with Crippen molar-refractivity contribution in [1.29, 1.82) is 0 Å². The molecule has 1 aliphatic rings. The Labute approximate surface area is 129 Å². The summed E-state index contributed by atoms with van der Waals surface area (Å²) >= 11 is 6.62. The SMILES string of the molecule is CCOc1ccc(OCC)c2c(Cl)c3c(nc12)CCOC3. The van der Waals surface area contributed by atoms with Gasteiger partial charge >= 0.3 is 0 Å². The zero-order valence-corrected chi connectivity index (χ0v) is 13.0. The fourth-order valence-electron chi connectivity index (χ4n) is 2.60. The van der Waals surface area contributed by atoms with Crippen LogP contribution in [0.5, 0.6) is 11.5 Å². The number of pyridine rings is 1. The van der Waals surface area contributed by atoms with Gasteiger partial charge < -0.3 is 14.2 Å². The van der Waals surface area contributed by atoms with E-state index in [-0.39, 0.29) is 0 Å². The van der Waals surface area contributed by atoms with Crippen molar-refractivity contribution in [2.45, 2.75) is 26.9 Å². The molecule has 0 radical (unpaired) electrons. The molecule has 1 aromatic heterocycles. The Balaban J connectivity index is 2.29. The summed E-state index contributed by atoms with van der Waals surface area (Å²) < 4.78 is 16.9. The molecule has 0 spiro atoms. The lowest BCUT2D eigenvalue weighted by Gasteiger charge is -2.20. The Morgan fingerprint density at radius 1 is 1.19 bits per heavy atom. The van der Waals surface area contributed by atoms with Crippen LogP contribution in [-0.2, 0) is 17.8 Å². The van der Waals surface area contributed by atoms with Crippen molar-refractivity contribution in [2.24, 2.45) is 0 Å². The molecule has 0 aliphatic carbocycles. The molecule has 0 amide bonds. The summed E-state index contributed by atoms with van der Waals surface area (Å²) in [5.74, 6) is 1.48. The second kappa shape index (κ2) is 6.08. The third-order valence-corrected chi connectivity index (χ3v) is 3.93. The van der Waals surface area contributed by atoms with Crippen LogP contribution < -0.4 is 9.47 Å². The summed E-state index contributed by atoms with van der Waals surface area (Å²) in [7, 11) is 0. The molecule has 2 heterocycles. The van der Waals surface area contributed by atoms with Gasteiger partial charge in [0.25, 0.3) is 0 Å². The highest BCUT2D eigenvalue weighted by atomic mass is 35.5. The van der Waals surface area contributed by atoms with E-state index in [1.807, 2.05) is 26.0 Å². The molecule has 0 N–H and O–H groups in total. The van der Waals surface area contributed by atoms with Crippen molar-refractivity contribution in [3.8, 4) is 11.5 Å². The number of hydrogen-bond acceptors (Lipinski definition) is 4. The number of ether oxygens (including phenoxy) is 3. The molecule has 5 heteroatoms. The van der Waals surface area contributed by atoms with E-state index in [0.717, 1.165) is 40.1 Å². The first-order chi connectivity index (χ1) is 10.3. The number of halogens is 1. The van der Waals surface area contributed by atoms with Crippen molar-refractivity contribution >= 4 is 22.5 Å². The van der Waals surface area contributed by atoms with Gasteiger partial charge in [0, 0.05) is 12.0 Å². The second-order valence-corrected chi connectivity index (χ2v) is 5.18. The summed E-state index contributed by atoms with van der Waals surface area (Å²) in [6, 6.07) is 3.78. The molecular weight excluding hydrogens is 290 g/mol. The molecular formula is C16H18ClNO3. The molecule has 4 nitrogen and oxygen atoms in total. The van der Waals surface area contributed by atoms with Gasteiger partial charge in [-0.05, 0) is 26.0 Å². The molecule has 1 aliphatic heterocycles. The highest BCUT2D eigenvalue weighted by molar-refractivity contribution is 6.37. The molecule has 1 aromatic carbocycles. The van der Waals surface area contributed by atoms with E-state index in [1.165, 1.54) is 0 Å². The summed E-state index contributed by atoms with van der Waals surface area (Å²) in [5, 5.41) is 1.48. The molecule has 0 fully saturated rings. The van der Waals surface area contributed by atoms with E-state index >= 15 is 0 Å². The minimum Gasteiger partial charge on any atom is -0.493 e. The van der Waals surface area contributed by atoms with Crippen molar-refractivity contribution in [1.82, 2.24) is 4.98 Å². The van der Waals surface area contributed by atoms with Gasteiger partial charge in [-0.1, -0.05) is 11.6 Å². The molecule has 0 saturated carbocycles. The van der Waals surface area contributed by atoms with Crippen molar-refractivity contribution in [3.05, 3.63) is 28.4 Å². The monoisotopic (exact) mass is 307 g/mol. The first kappa shape index (κ1) is 14.4. The number of benzene rings is 1. The maximum atomic E-state index is 6.62. The third-order valence-electron chi connectivity index (χ3n) is 3.51. The third kappa shape index (κ3) is 2.54. The van der Waals surface area contributed by atoms with Crippen LogP contribution in [0.1, 0.15) is 25.1 Å². The van der Waals surface area contributed by atoms with Crippen molar-refractivity contribution in [3.63, 3.8) is 0 Å². The Bertz CT molecular complexity index is 672. The number of aromatic nitrogens is 1. The predicted octanol–water partition coefficient (Wildman–Crippen LogP) is 3.76. The molecule has 21 heavy (non-hydrogen) atoms. The minimum absolute atomic E-state index is 0.502. The standard InChI is InChI=1S/C16H18ClNO3/c1-3-20-12-5-6-13(21-4-2)16-14(12)15(17)10-9-19-8-7-11(10)18-16/h5-6H,3-4,7-9H2,1-2H3. The first-order valence-corrected chi connectivity index (χ1v) is 7.61. The van der Waals surface area contributed by atoms with Crippen LogP contribution in [0.2, 0.25) is 5.02 Å². The van der Waals surface area contributed by atoms with Gasteiger partial charge in [0.2, 0.25) is 0 Å². The fourth-order valence-corrected chi connectivity index (χ4v) is 2.95. The quantitative estimate of drug-likeness (QED) is 0.862. The van der Waals surface area contributed by atoms with Crippen LogP contribution in [0.25, 0.3) is 10.9 Å². The summed E-state index contributed by atoms with van der Waals surface area (Å²) in [5.41, 5.74) is 2.73. The van der Waals surface area contributed by atoms with E-state index in [2.05, 4.69) is 0 Å². The summed E-state index contributed by atoms with van der Waals surface area (Å²) in [6.45, 7) is 6.25. The van der Waals surface area contributed by atoms with Crippen LogP contribution in [-0.4, -0.2) is 24.8 Å². The molecule has 0 saturated heterocycles. The highest BCUT2D eigenvalue weighted by Gasteiger charge is 2.21. The zero-order chi connectivity index (χ0) is 14.8. The number of rotatable bonds is 4. The van der Waals surface area contributed by atoms with Gasteiger partial charge in [-0.15, -0.1) is 0 Å². The van der Waals surface area contributed by atoms with Gasteiger partial charge in [0.1, 0.15) is 17.0 Å². The maximum Gasteiger partial charge on any atom is 0.145 e. The van der Waals surface area contributed by atoms with Crippen LogP contribution in [0, 0.1) is 0 Å². The van der Waals surface area contributed by atoms with Gasteiger partial charge in [-0.25, -0.2) is 4.98 Å². The van der Waals surface area contributed by atoms with Gasteiger partial charge in [-0.2, -0.15) is 0 Å². The normalized spacial score (nSPS) is 14.0. The van der Waals surface area contributed by atoms with Gasteiger partial charge in [-0.3, -0.25) is 0 Å². The van der Waals surface area contributed by atoms with Crippen LogP contribution in [0.4, 0.5) is 0 Å². The van der Waals surface area contributed by atoms with Crippen LogP contribution in [0.3, 0.4) is 0 Å². The average molecular weight is 308 g/mol. The molecule has 0 atom stereocenters. The van der Waals surface area contributed by atoms with Crippen molar-refractivity contribution < 1.29 is 14.2 Å². The molecule has 112 valence electrons. The molecule has 0 bridgehead atoms.